The number of carbonyl (C=O) groups is 1. The number of aryl methyl sites for hydroxylation is 1. The number of esters is 1. The van der Waals surface area contributed by atoms with Crippen molar-refractivity contribution < 1.29 is 9.53 Å². The van der Waals surface area contributed by atoms with E-state index in [1.54, 1.807) is 29.5 Å². The lowest BCUT2D eigenvalue weighted by Gasteiger charge is -2.16. The maximum absolute atomic E-state index is 11.8. The second kappa shape index (κ2) is 6.29. The summed E-state index contributed by atoms with van der Waals surface area (Å²) in [7, 11) is 1.36. The van der Waals surface area contributed by atoms with Gasteiger partial charge in [0.25, 0.3) is 0 Å². The molecule has 106 valence electrons. The van der Waals surface area contributed by atoms with Gasteiger partial charge in [-0.25, -0.2) is 4.79 Å². The summed E-state index contributed by atoms with van der Waals surface area (Å²) >= 11 is 7.67. The summed E-state index contributed by atoms with van der Waals surface area (Å²) in [6, 6.07) is 9.45. The van der Waals surface area contributed by atoms with Gasteiger partial charge in [-0.2, -0.15) is 0 Å². The van der Waals surface area contributed by atoms with Crippen LogP contribution in [0.1, 0.15) is 33.1 Å². The zero-order valence-electron chi connectivity index (χ0n) is 11.6. The molecule has 0 fully saturated rings. The summed E-state index contributed by atoms with van der Waals surface area (Å²) in [5, 5.41) is 3.84. The molecular weight excluding hydrogens is 294 g/mol. The minimum absolute atomic E-state index is 0.110. The molecule has 0 aliphatic heterocycles. The Morgan fingerprint density at radius 2 is 2.10 bits per heavy atom. The van der Waals surface area contributed by atoms with Crippen LogP contribution in [0.4, 0.5) is 5.69 Å². The van der Waals surface area contributed by atoms with Crippen LogP contribution in [-0.4, -0.2) is 13.1 Å². The van der Waals surface area contributed by atoms with Crippen LogP contribution in [0.25, 0.3) is 0 Å². The summed E-state index contributed by atoms with van der Waals surface area (Å²) in [6.07, 6.45) is 0. The van der Waals surface area contributed by atoms with Crippen molar-refractivity contribution in [1.29, 1.82) is 0 Å². The first-order valence-corrected chi connectivity index (χ1v) is 7.41. The highest BCUT2D eigenvalue weighted by molar-refractivity contribution is 7.12. The van der Waals surface area contributed by atoms with E-state index in [1.165, 1.54) is 16.9 Å². The summed E-state index contributed by atoms with van der Waals surface area (Å²) in [5.74, 6) is -0.399. The van der Waals surface area contributed by atoms with Gasteiger partial charge in [0.15, 0.2) is 0 Å². The number of carbonyl (C=O) groups excluding carboxylic acids is 1. The smallest absolute Gasteiger partial charge is 0.340 e. The Bertz CT molecular complexity index is 624. The van der Waals surface area contributed by atoms with E-state index in [0.29, 0.717) is 10.6 Å². The molecule has 1 unspecified atom stereocenters. The first-order chi connectivity index (χ1) is 9.51. The third-order valence-electron chi connectivity index (χ3n) is 2.95. The van der Waals surface area contributed by atoms with Crippen molar-refractivity contribution in [2.45, 2.75) is 19.9 Å². The lowest BCUT2D eigenvalue weighted by Crippen LogP contribution is -2.11. The van der Waals surface area contributed by atoms with Crippen LogP contribution in [0.3, 0.4) is 0 Å². The van der Waals surface area contributed by atoms with Crippen LogP contribution < -0.4 is 5.32 Å². The van der Waals surface area contributed by atoms with Crippen molar-refractivity contribution in [2.75, 3.05) is 12.4 Å². The fourth-order valence-electron chi connectivity index (χ4n) is 1.91. The molecule has 2 aromatic rings. The first-order valence-electron chi connectivity index (χ1n) is 6.22. The van der Waals surface area contributed by atoms with Crippen molar-refractivity contribution in [1.82, 2.24) is 0 Å². The van der Waals surface area contributed by atoms with E-state index >= 15 is 0 Å². The van der Waals surface area contributed by atoms with Crippen LogP contribution in [0.15, 0.2) is 30.3 Å². The molecule has 1 heterocycles. The van der Waals surface area contributed by atoms with Gasteiger partial charge in [0, 0.05) is 20.5 Å². The number of hydrogen-bond donors (Lipinski definition) is 1. The van der Waals surface area contributed by atoms with E-state index in [4.69, 9.17) is 16.3 Å². The molecule has 3 nitrogen and oxygen atoms in total. The summed E-state index contributed by atoms with van der Waals surface area (Å²) in [5.41, 5.74) is 1.17. The van der Waals surface area contributed by atoms with E-state index in [-0.39, 0.29) is 6.04 Å². The van der Waals surface area contributed by atoms with Crippen molar-refractivity contribution in [3.8, 4) is 0 Å². The SMILES string of the molecule is COC(=O)c1cc(Cl)ccc1NC(C)c1ccc(C)s1. The Hall–Kier alpha value is -1.52. The number of thiophene rings is 1. The second-order valence-corrected chi connectivity index (χ2v) is 6.25. The molecule has 0 amide bonds. The van der Waals surface area contributed by atoms with Gasteiger partial charge in [-0.1, -0.05) is 11.6 Å². The molecule has 0 bridgehead atoms. The van der Waals surface area contributed by atoms with Crippen LogP contribution >= 0.6 is 22.9 Å². The van der Waals surface area contributed by atoms with Gasteiger partial charge in [-0.3, -0.25) is 0 Å². The largest absolute Gasteiger partial charge is 0.465 e. The van der Waals surface area contributed by atoms with Crippen molar-refractivity contribution in [3.63, 3.8) is 0 Å². The zero-order chi connectivity index (χ0) is 14.7. The molecule has 1 aromatic heterocycles. The highest BCUT2D eigenvalue weighted by Crippen LogP contribution is 2.28. The Balaban J connectivity index is 2.26. The Labute approximate surface area is 127 Å². The second-order valence-electron chi connectivity index (χ2n) is 4.50. The molecule has 0 saturated carbocycles. The van der Waals surface area contributed by atoms with Gasteiger partial charge in [-0.05, 0) is 44.2 Å². The van der Waals surface area contributed by atoms with Crippen molar-refractivity contribution in [2.24, 2.45) is 0 Å². The molecule has 20 heavy (non-hydrogen) atoms. The molecule has 1 atom stereocenters. The van der Waals surface area contributed by atoms with Crippen LogP contribution in [0.2, 0.25) is 5.02 Å². The van der Waals surface area contributed by atoms with E-state index < -0.39 is 5.97 Å². The summed E-state index contributed by atoms with van der Waals surface area (Å²) < 4.78 is 4.79. The molecule has 0 saturated heterocycles. The molecule has 5 heteroatoms. The number of methoxy groups -OCH3 is 1. The van der Waals surface area contributed by atoms with Crippen LogP contribution in [-0.2, 0) is 4.74 Å². The maximum atomic E-state index is 11.8. The Morgan fingerprint density at radius 3 is 2.70 bits per heavy atom. The molecule has 0 aliphatic carbocycles. The fourth-order valence-corrected chi connectivity index (χ4v) is 2.96. The number of ether oxygens (including phenoxy) is 1. The first kappa shape index (κ1) is 14.9. The van der Waals surface area contributed by atoms with E-state index in [0.717, 1.165) is 5.69 Å². The molecule has 1 N–H and O–H groups in total. The van der Waals surface area contributed by atoms with Crippen molar-refractivity contribution >= 4 is 34.6 Å². The third kappa shape index (κ3) is 3.32. The molecule has 1 aromatic carbocycles. The number of benzene rings is 1. The standard InChI is InChI=1S/C15H16ClNO2S/c1-9-4-7-14(20-9)10(2)17-13-6-5-11(16)8-12(13)15(18)19-3/h4-8,10,17H,1-3H3. The fraction of sp³-hybridized carbons (Fsp3) is 0.267. The molecule has 0 aliphatic rings. The topological polar surface area (TPSA) is 38.3 Å². The predicted octanol–water partition coefficient (Wildman–Crippen LogP) is 4.67. The van der Waals surface area contributed by atoms with E-state index in [2.05, 4.69) is 31.3 Å². The zero-order valence-corrected chi connectivity index (χ0v) is 13.1. The lowest BCUT2D eigenvalue weighted by atomic mass is 10.1. The van der Waals surface area contributed by atoms with Gasteiger partial charge in [-0.15, -0.1) is 11.3 Å². The quantitative estimate of drug-likeness (QED) is 0.834. The summed E-state index contributed by atoms with van der Waals surface area (Å²) in [6.45, 7) is 4.13. The molecule has 2 rings (SSSR count). The van der Waals surface area contributed by atoms with Gasteiger partial charge in [0.05, 0.1) is 18.7 Å². The average molecular weight is 310 g/mol. The predicted molar refractivity (Wildman–Crippen MR) is 83.9 cm³/mol. The third-order valence-corrected chi connectivity index (χ3v) is 4.37. The minimum atomic E-state index is -0.399. The maximum Gasteiger partial charge on any atom is 0.340 e. The number of nitrogens with one attached hydrogen (secondary N) is 1. The van der Waals surface area contributed by atoms with Gasteiger partial charge in [0.1, 0.15) is 0 Å². The van der Waals surface area contributed by atoms with Crippen LogP contribution in [0.5, 0.6) is 0 Å². The number of halogens is 1. The lowest BCUT2D eigenvalue weighted by molar-refractivity contribution is 0.0602. The molecule has 0 spiro atoms. The highest BCUT2D eigenvalue weighted by atomic mass is 35.5. The number of rotatable bonds is 4. The van der Waals surface area contributed by atoms with Crippen LogP contribution in [0, 0.1) is 6.92 Å². The Morgan fingerprint density at radius 1 is 1.35 bits per heavy atom. The number of anilines is 1. The monoisotopic (exact) mass is 309 g/mol. The van der Waals surface area contributed by atoms with E-state index in [9.17, 15) is 4.79 Å². The molecular formula is C15H16ClNO2S. The van der Waals surface area contributed by atoms with Crippen molar-refractivity contribution in [3.05, 3.63) is 50.7 Å². The Kier molecular flexibility index (Phi) is 4.68. The molecule has 0 radical (unpaired) electrons. The average Bonchev–Trinajstić information content (AvgIpc) is 2.86. The van der Waals surface area contributed by atoms with Gasteiger partial charge < -0.3 is 10.1 Å². The normalized spacial score (nSPS) is 12.0. The van der Waals surface area contributed by atoms with Gasteiger partial charge in [0.2, 0.25) is 0 Å². The van der Waals surface area contributed by atoms with Gasteiger partial charge >= 0.3 is 5.97 Å². The van der Waals surface area contributed by atoms with E-state index in [1.807, 2.05) is 0 Å². The summed E-state index contributed by atoms with van der Waals surface area (Å²) in [4.78, 5) is 14.3. The highest BCUT2D eigenvalue weighted by Gasteiger charge is 2.15. The number of hydrogen-bond acceptors (Lipinski definition) is 4. The minimum Gasteiger partial charge on any atom is -0.465 e.